The molecule has 1 aliphatic carbocycles. The molecule has 10 N–H and O–H groups in total. The SMILES string of the molecule is N=C(NCCCCc1ccc(C[C@H](N)C(=O)O)c2c1CCCC2)NC(=O)c1nc(Cl)c(N)nc1N. The number of aryl methyl sites for hydroxylation is 1. The van der Waals surface area contributed by atoms with Gasteiger partial charge in [0.2, 0.25) is 0 Å². The monoisotopic (exact) mass is 502 g/mol. The zero-order chi connectivity index (χ0) is 25.5. The second-order valence-corrected chi connectivity index (χ2v) is 8.90. The summed E-state index contributed by atoms with van der Waals surface area (Å²) < 4.78 is 0. The molecule has 1 heterocycles. The largest absolute Gasteiger partial charge is 0.480 e. The third-order valence-electron chi connectivity index (χ3n) is 6.02. The molecule has 1 aliphatic rings. The third-order valence-corrected chi connectivity index (χ3v) is 6.30. The Morgan fingerprint density at radius 1 is 1.09 bits per heavy atom. The summed E-state index contributed by atoms with van der Waals surface area (Å²) in [5.41, 5.74) is 21.6. The summed E-state index contributed by atoms with van der Waals surface area (Å²) in [7, 11) is 0. The van der Waals surface area contributed by atoms with E-state index < -0.39 is 17.9 Å². The summed E-state index contributed by atoms with van der Waals surface area (Å²) in [6.45, 7) is 0.497. The quantitative estimate of drug-likeness (QED) is 0.150. The Morgan fingerprint density at radius 2 is 1.74 bits per heavy atom. The molecule has 1 atom stereocenters. The number of unbranched alkanes of at least 4 members (excludes halogenated alkanes) is 1. The van der Waals surface area contributed by atoms with Gasteiger partial charge in [-0.3, -0.25) is 20.3 Å². The number of carbonyl (C=O) groups excluding carboxylic acids is 1. The number of carboxylic acids is 1. The fourth-order valence-corrected chi connectivity index (χ4v) is 4.37. The molecule has 0 fully saturated rings. The molecule has 1 amide bonds. The fourth-order valence-electron chi connectivity index (χ4n) is 4.25. The lowest BCUT2D eigenvalue weighted by Crippen LogP contribution is -2.41. The van der Waals surface area contributed by atoms with Crippen LogP contribution in [-0.4, -0.2) is 45.5 Å². The minimum Gasteiger partial charge on any atom is -0.480 e. The number of benzene rings is 1. The molecule has 0 bridgehead atoms. The number of aliphatic carboxylic acids is 1. The zero-order valence-electron chi connectivity index (χ0n) is 19.4. The van der Waals surface area contributed by atoms with Crippen molar-refractivity contribution in [1.29, 1.82) is 5.41 Å². The first-order chi connectivity index (χ1) is 16.7. The van der Waals surface area contributed by atoms with Crippen LogP contribution in [0.1, 0.15) is 58.4 Å². The average Bonchev–Trinajstić information content (AvgIpc) is 2.82. The predicted molar refractivity (Wildman–Crippen MR) is 134 cm³/mol. The van der Waals surface area contributed by atoms with E-state index >= 15 is 0 Å². The predicted octanol–water partition coefficient (Wildman–Crippen LogP) is 1.40. The average molecular weight is 503 g/mol. The lowest BCUT2D eigenvalue weighted by Gasteiger charge is -2.23. The number of fused-ring (bicyclic) bond motifs is 1. The summed E-state index contributed by atoms with van der Waals surface area (Å²) in [4.78, 5) is 31.0. The number of rotatable bonds is 9. The maximum Gasteiger partial charge on any atom is 0.320 e. The van der Waals surface area contributed by atoms with E-state index in [9.17, 15) is 9.59 Å². The summed E-state index contributed by atoms with van der Waals surface area (Å²) in [6, 6.07) is 3.21. The minimum absolute atomic E-state index is 0.0753. The molecule has 3 rings (SSSR count). The van der Waals surface area contributed by atoms with Gasteiger partial charge in [0.1, 0.15) is 6.04 Å². The summed E-state index contributed by atoms with van der Waals surface area (Å²) in [6.07, 6.45) is 7.08. The maximum absolute atomic E-state index is 12.3. The van der Waals surface area contributed by atoms with E-state index in [4.69, 9.17) is 39.3 Å². The molecule has 35 heavy (non-hydrogen) atoms. The van der Waals surface area contributed by atoms with Crippen molar-refractivity contribution in [2.24, 2.45) is 5.73 Å². The molecule has 12 heteroatoms. The number of nitrogens with two attached hydrogens (primary N) is 3. The van der Waals surface area contributed by atoms with Crippen LogP contribution in [-0.2, 0) is 30.5 Å². The van der Waals surface area contributed by atoms with Crippen LogP contribution in [0.25, 0.3) is 0 Å². The topological polar surface area (TPSA) is 206 Å². The van der Waals surface area contributed by atoms with Crippen LogP contribution in [0.5, 0.6) is 0 Å². The van der Waals surface area contributed by atoms with Crippen molar-refractivity contribution in [3.63, 3.8) is 0 Å². The number of carboxylic acid groups (broad SMARTS) is 1. The Balaban J connectivity index is 1.48. The van der Waals surface area contributed by atoms with Gasteiger partial charge in [-0.25, -0.2) is 9.97 Å². The van der Waals surface area contributed by atoms with Gasteiger partial charge < -0.3 is 27.6 Å². The molecule has 0 spiro atoms. The number of amides is 1. The van der Waals surface area contributed by atoms with E-state index in [1.807, 2.05) is 6.07 Å². The van der Waals surface area contributed by atoms with Gasteiger partial charge >= 0.3 is 5.97 Å². The normalized spacial score (nSPS) is 13.5. The van der Waals surface area contributed by atoms with Crippen molar-refractivity contribution in [3.8, 4) is 0 Å². The molecular formula is C23H31ClN8O3. The first kappa shape index (κ1) is 26.2. The van der Waals surface area contributed by atoms with Crippen LogP contribution in [0, 0.1) is 5.41 Å². The molecule has 0 saturated heterocycles. The van der Waals surface area contributed by atoms with Gasteiger partial charge in [-0.05, 0) is 73.6 Å². The summed E-state index contributed by atoms with van der Waals surface area (Å²) in [5, 5.41) is 22.2. The first-order valence-corrected chi connectivity index (χ1v) is 11.9. The number of hydrogen-bond acceptors (Lipinski definition) is 8. The Morgan fingerprint density at radius 3 is 2.43 bits per heavy atom. The van der Waals surface area contributed by atoms with Crippen LogP contribution in [0.15, 0.2) is 12.1 Å². The Bertz CT molecular complexity index is 1120. The molecule has 0 radical (unpaired) electrons. The molecular weight excluding hydrogens is 472 g/mol. The fraction of sp³-hybridized carbons (Fsp3) is 0.435. The molecule has 188 valence electrons. The van der Waals surface area contributed by atoms with E-state index in [0.29, 0.717) is 13.0 Å². The van der Waals surface area contributed by atoms with Gasteiger partial charge in [-0.2, -0.15) is 0 Å². The lowest BCUT2D eigenvalue weighted by atomic mass is 9.82. The number of nitrogens with one attached hydrogen (secondary N) is 3. The van der Waals surface area contributed by atoms with E-state index in [1.54, 1.807) is 0 Å². The van der Waals surface area contributed by atoms with Gasteiger partial charge in [0.15, 0.2) is 28.4 Å². The van der Waals surface area contributed by atoms with Crippen molar-refractivity contribution in [2.75, 3.05) is 18.0 Å². The maximum atomic E-state index is 12.3. The van der Waals surface area contributed by atoms with Crippen LogP contribution >= 0.6 is 11.6 Å². The standard InChI is InChI=1S/C23H31ClN8O3/c24-18-20(27)31-19(26)17(30-18)21(33)32-23(28)29-10-4-3-5-12-8-9-13(11-16(25)22(34)35)15-7-2-1-6-14(12)15/h8-9,16H,1-7,10-11,25H2,(H,34,35)(H4,26,27,31)(H3,28,29,32,33)/t16-/m0/s1. The molecule has 1 aromatic carbocycles. The van der Waals surface area contributed by atoms with Gasteiger partial charge in [-0.15, -0.1) is 0 Å². The smallest absolute Gasteiger partial charge is 0.320 e. The Kier molecular flexibility index (Phi) is 8.83. The van der Waals surface area contributed by atoms with Crippen LogP contribution in [0.4, 0.5) is 11.6 Å². The number of nitrogen functional groups attached to an aromatic ring is 2. The molecule has 0 aliphatic heterocycles. The van der Waals surface area contributed by atoms with Gasteiger partial charge in [-0.1, -0.05) is 23.7 Å². The van der Waals surface area contributed by atoms with Crippen molar-refractivity contribution in [2.45, 2.75) is 57.4 Å². The van der Waals surface area contributed by atoms with Crippen LogP contribution in [0.2, 0.25) is 5.15 Å². The number of halogens is 1. The Labute approximate surface area is 208 Å². The number of guanidine groups is 1. The summed E-state index contributed by atoms with van der Waals surface area (Å²) in [5.74, 6) is -2.11. The van der Waals surface area contributed by atoms with Crippen LogP contribution < -0.4 is 27.8 Å². The van der Waals surface area contributed by atoms with Gasteiger partial charge in [0.25, 0.3) is 5.91 Å². The van der Waals surface area contributed by atoms with E-state index in [2.05, 4.69) is 26.7 Å². The van der Waals surface area contributed by atoms with E-state index in [-0.39, 0.29) is 28.4 Å². The first-order valence-electron chi connectivity index (χ1n) is 11.5. The molecule has 2 aromatic rings. The Hall–Kier alpha value is -3.44. The highest BCUT2D eigenvalue weighted by Crippen LogP contribution is 2.29. The highest BCUT2D eigenvalue weighted by molar-refractivity contribution is 6.31. The van der Waals surface area contributed by atoms with Crippen LogP contribution in [0.3, 0.4) is 0 Å². The minimum atomic E-state index is -0.985. The number of carbonyl (C=O) groups is 2. The number of hydrogen-bond donors (Lipinski definition) is 7. The van der Waals surface area contributed by atoms with Crippen molar-refractivity contribution in [3.05, 3.63) is 45.2 Å². The lowest BCUT2D eigenvalue weighted by molar-refractivity contribution is -0.138. The molecule has 1 aromatic heterocycles. The van der Waals surface area contributed by atoms with Crippen molar-refractivity contribution < 1.29 is 14.7 Å². The molecule has 11 nitrogen and oxygen atoms in total. The number of anilines is 2. The van der Waals surface area contributed by atoms with Crippen molar-refractivity contribution in [1.82, 2.24) is 20.6 Å². The van der Waals surface area contributed by atoms with E-state index in [1.165, 1.54) is 16.7 Å². The van der Waals surface area contributed by atoms with Crippen molar-refractivity contribution >= 4 is 41.1 Å². The van der Waals surface area contributed by atoms with Gasteiger partial charge in [0.05, 0.1) is 0 Å². The number of aromatic nitrogens is 2. The second-order valence-electron chi connectivity index (χ2n) is 8.54. The highest BCUT2D eigenvalue weighted by atomic mass is 35.5. The second kappa shape index (κ2) is 11.8. The molecule has 0 saturated carbocycles. The summed E-state index contributed by atoms with van der Waals surface area (Å²) >= 11 is 5.79. The zero-order valence-corrected chi connectivity index (χ0v) is 20.1. The third kappa shape index (κ3) is 6.80. The molecule has 0 unspecified atom stereocenters. The van der Waals surface area contributed by atoms with E-state index in [0.717, 1.165) is 50.5 Å². The number of nitrogens with zero attached hydrogens (tertiary/aromatic N) is 2. The highest BCUT2D eigenvalue weighted by Gasteiger charge is 2.21. The van der Waals surface area contributed by atoms with Gasteiger partial charge in [0, 0.05) is 6.54 Å².